The van der Waals surface area contributed by atoms with E-state index < -0.39 is 11.6 Å². The maximum atomic E-state index is 13.1. The van der Waals surface area contributed by atoms with Crippen molar-refractivity contribution < 1.29 is 8.78 Å². The molecule has 3 aromatic rings. The monoisotopic (exact) mass is 272 g/mol. The standard InChI is InChI=1S/C16H14F2N2/c17-12-9-14-15(10-13(12)18)20-16(19-14)8-4-7-11-5-2-1-3-6-11/h1-3,5-6,9-10H,4,7-8H2,(H,19,20). The van der Waals surface area contributed by atoms with Crippen LogP contribution in [0.5, 0.6) is 0 Å². The van der Waals surface area contributed by atoms with E-state index in [4.69, 9.17) is 0 Å². The average molecular weight is 272 g/mol. The summed E-state index contributed by atoms with van der Waals surface area (Å²) in [6.07, 6.45) is 2.65. The van der Waals surface area contributed by atoms with E-state index in [0.29, 0.717) is 11.0 Å². The van der Waals surface area contributed by atoms with Gasteiger partial charge in [0.2, 0.25) is 0 Å². The van der Waals surface area contributed by atoms with E-state index in [1.807, 2.05) is 18.2 Å². The Morgan fingerprint density at radius 3 is 2.50 bits per heavy atom. The summed E-state index contributed by atoms with van der Waals surface area (Å²) in [5, 5.41) is 0. The minimum absolute atomic E-state index is 0.471. The van der Waals surface area contributed by atoms with Crippen molar-refractivity contribution in [1.29, 1.82) is 0 Å². The van der Waals surface area contributed by atoms with Crippen molar-refractivity contribution >= 4 is 11.0 Å². The number of imidazole rings is 1. The van der Waals surface area contributed by atoms with Crippen LogP contribution in [0.1, 0.15) is 17.8 Å². The lowest BCUT2D eigenvalue weighted by atomic mass is 10.1. The average Bonchev–Trinajstić information content (AvgIpc) is 2.82. The van der Waals surface area contributed by atoms with E-state index >= 15 is 0 Å². The number of halogens is 2. The van der Waals surface area contributed by atoms with Crippen molar-refractivity contribution in [2.45, 2.75) is 19.3 Å². The molecule has 0 radical (unpaired) electrons. The highest BCUT2D eigenvalue weighted by Gasteiger charge is 2.08. The number of fused-ring (bicyclic) bond motifs is 1. The zero-order valence-electron chi connectivity index (χ0n) is 10.9. The molecule has 0 spiro atoms. The fourth-order valence-corrected chi connectivity index (χ4v) is 2.28. The maximum Gasteiger partial charge on any atom is 0.161 e. The summed E-state index contributed by atoms with van der Waals surface area (Å²) in [5.41, 5.74) is 2.29. The molecule has 4 heteroatoms. The first-order valence-corrected chi connectivity index (χ1v) is 6.60. The number of nitrogens with one attached hydrogen (secondary N) is 1. The Kier molecular flexibility index (Phi) is 3.46. The lowest BCUT2D eigenvalue weighted by Gasteiger charge is -1.99. The fraction of sp³-hybridized carbons (Fsp3) is 0.188. The quantitative estimate of drug-likeness (QED) is 0.763. The molecule has 0 saturated heterocycles. The van der Waals surface area contributed by atoms with Gasteiger partial charge in [-0.25, -0.2) is 13.8 Å². The van der Waals surface area contributed by atoms with Crippen LogP contribution in [-0.4, -0.2) is 9.97 Å². The Balaban J connectivity index is 1.69. The smallest absolute Gasteiger partial charge is 0.161 e. The van der Waals surface area contributed by atoms with Crippen molar-refractivity contribution in [3.63, 3.8) is 0 Å². The number of hydrogen-bond acceptors (Lipinski definition) is 1. The Hall–Kier alpha value is -2.23. The molecule has 0 unspecified atom stereocenters. The lowest BCUT2D eigenvalue weighted by molar-refractivity contribution is 0.510. The first-order chi connectivity index (χ1) is 9.72. The van der Waals surface area contributed by atoms with Crippen LogP contribution in [0, 0.1) is 11.6 Å². The van der Waals surface area contributed by atoms with Crippen LogP contribution < -0.4 is 0 Å². The van der Waals surface area contributed by atoms with Gasteiger partial charge in [-0.2, -0.15) is 0 Å². The molecule has 2 aromatic carbocycles. The highest BCUT2D eigenvalue weighted by Crippen LogP contribution is 2.17. The Bertz CT molecular complexity index is 681. The van der Waals surface area contributed by atoms with Crippen LogP contribution in [0.3, 0.4) is 0 Å². The van der Waals surface area contributed by atoms with Crippen LogP contribution in [0.25, 0.3) is 11.0 Å². The molecule has 1 N–H and O–H groups in total. The van der Waals surface area contributed by atoms with Gasteiger partial charge in [-0.3, -0.25) is 0 Å². The number of aromatic amines is 1. The zero-order chi connectivity index (χ0) is 13.9. The molecule has 3 rings (SSSR count). The molecule has 0 aliphatic carbocycles. The molecular weight excluding hydrogens is 258 g/mol. The summed E-state index contributed by atoms with van der Waals surface area (Å²) >= 11 is 0. The van der Waals surface area contributed by atoms with E-state index in [1.165, 1.54) is 5.56 Å². The van der Waals surface area contributed by atoms with Gasteiger partial charge >= 0.3 is 0 Å². The van der Waals surface area contributed by atoms with Gasteiger partial charge in [-0.1, -0.05) is 30.3 Å². The molecule has 0 bridgehead atoms. The van der Waals surface area contributed by atoms with Crippen LogP contribution in [0.15, 0.2) is 42.5 Å². The number of rotatable bonds is 4. The first-order valence-electron chi connectivity index (χ1n) is 6.60. The molecule has 20 heavy (non-hydrogen) atoms. The minimum atomic E-state index is -0.861. The van der Waals surface area contributed by atoms with Crippen molar-refractivity contribution in [2.75, 3.05) is 0 Å². The topological polar surface area (TPSA) is 28.7 Å². The van der Waals surface area contributed by atoms with Gasteiger partial charge in [0.05, 0.1) is 11.0 Å². The summed E-state index contributed by atoms with van der Waals surface area (Å²) in [6, 6.07) is 12.5. The summed E-state index contributed by atoms with van der Waals surface area (Å²) in [7, 11) is 0. The summed E-state index contributed by atoms with van der Waals surface area (Å²) in [6.45, 7) is 0. The first kappa shape index (κ1) is 12.8. The number of nitrogens with zero attached hydrogens (tertiary/aromatic N) is 1. The third-order valence-electron chi connectivity index (χ3n) is 3.29. The SMILES string of the molecule is Fc1cc2nc(CCCc3ccccc3)[nH]c2cc1F. The van der Waals surface area contributed by atoms with E-state index in [-0.39, 0.29) is 0 Å². The predicted molar refractivity (Wildman–Crippen MR) is 74.5 cm³/mol. The van der Waals surface area contributed by atoms with Crippen molar-refractivity contribution in [3.05, 3.63) is 65.5 Å². The van der Waals surface area contributed by atoms with Gasteiger partial charge in [0.25, 0.3) is 0 Å². The van der Waals surface area contributed by atoms with Crippen LogP contribution in [0.2, 0.25) is 0 Å². The molecule has 102 valence electrons. The summed E-state index contributed by atoms with van der Waals surface area (Å²) in [5.74, 6) is -0.947. The van der Waals surface area contributed by atoms with E-state index in [2.05, 4.69) is 22.1 Å². The Labute approximate surface area is 115 Å². The van der Waals surface area contributed by atoms with Gasteiger partial charge in [-0.05, 0) is 18.4 Å². The largest absolute Gasteiger partial charge is 0.342 e. The molecule has 0 aliphatic rings. The maximum absolute atomic E-state index is 13.1. The molecular formula is C16H14F2N2. The second-order valence-corrected chi connectivity index (χ2v) is 4.81. The third-order valence-corrected chi connectivity index (χ3v) is 3.29. The van der Waals surface area contributed by atoms with Crippen molar-refractivity contribution in [2.24, 2.45) is 0 Å². The van der Waals surface area contributed by atoms with Crippen LogP contribution >= 0.6 is 0 Å². The summed E-state index contributed by atoms with van der Waals surface area (Å²) < 4.78 is 26.2. The molecule has 0 aliphatic heterocycles. The zero-order valence-corrected chi connectivity index (χ0v) is 10.9. The summed E-state index contributed by atoms with van der Waals surface area (Å²) in [4.78, 5) is 7.32. The Morgan fingerprint density at radius 1 is 0.950 bits per heavy atom. The van der Waals surface area contributed by atoms with Gasteiger partial charge in [0.1, 0.15) is 5.82 Å². The number of H-pyrrole nitrogens is 1. The van der Waals surface area contributed by atoms with Gasteiger partial charge in [0.15, 0.2) is 11.6 Å². The van der Waals surface area contributed by atoms with Crippen molar-refractivity contribution in [1.82, 2.24) is 9.97 Å². The number of aromatic nitrogens is 2. The second kappa shape index (κ2) is 5.41. The third kappa shape index (κ3) is 2.69. The molecule has 0 fully saturated rings. The van der Waals surface area contributed by atoms with Gasteiger partial charge in [0, 0.05) is 18.6 Å². The van der Waals surface area contributed by atoms with E-state index in [0.717, 1.165) is 37.2 Å². The number of benzene rings is 2. The molecule has 0 amide bonds. The molecule has 1 heterocycles. The normalized spacial score (nSPS) is 11.1. The van der Waals surface area contributed by atoms with Crippen LogP contribution in [-0.2, 0) is 12.8 Å². The van der Waals surface area contributed by atoms with E-state index in [1.54, 1.807) is 0 Å². The van der Waals surface area contributed by atoms with Gasteiger partial charge < -0.3 is 4.98 Å². The molecule has 0 atom stereocenters. The number of hydrogen-bond donors (Lipinski definition) is 1. The lowest BCUT2D eigenvalue weighted by Crippen LogP contribution is -1.91. The number of aryl methyl sites for hydroxylation is 2. The van der Waals surface area contributed by atoms with E-state index in [9.17, 15) is 8.78 Å². The highest BCUT2D eigenvalue weighted by atomic mass is 19.2. The molecule has 1 aromatic heterocycles. The van der Waals surface area contributed by atoms with Crippen LogP contribution in [0.4, 0.5) is 8.78 Å². The predicted octanol–water partition coefficient (Wildman–Crippen LogP) is 4.02. The molecule has 2 nitrogen and oxygen atoms in total. The van der Waals surface area contributed by atoms with Crippen molar-refractivity contribution in [3.8, 4) is 0 Å². The second-order valence-electron chi connectivity index (χ2n) is 4.81. The minimum Gasteiger partial charge on any atom is -0.342 e. The fourth-order valence-electron chi connectivity index (χ4n) is 2.28. The highest BCUT2D eigenvalue weighted by molar-refractivity contribution is 5.75. The molecule has 0 saturated carbocycles. The Morgan fingerprint density at radius 2 is 1.70 bits per heavy atom. The van der Waals surface area contributed by atoms with Gasteiger partial charge in [-0.15, -0.1) is 0 Å².